The van der Waals surface area contributed by atoms with Crippen LogP contribution in [0.4, 0.5) is 0 Å². The lowest BCUT2D eigenvalue weighted by molar-refractivity contribution is 0.167. The van der Waals surface area contributed by atoms with E-state index in [0.717, 1.165) is 31.9 Å². The monoisotopic (exact) mass is 358 g/mol. The van der Waals surface area contributed by atoms with E-state index in [1.165, 1.54) is 29.5 Å². The molecule has 0 unspecified atom stereocenters. The minimum Gasteiger partial charge on any atom is -0.492 e. The Morgan fingerprint density at radius 2 is 1.59 bits per heavy atom. The first-order chi connectivity index (χ1) is 13.4. The Labute approximate surface area is 161 Å². The second kappa shape index (κ2) is 8.83. The molecule has 0 saturated carbocycles. The van der Waals surface area contributed by atoms with Crippen LogP contribution < -0.4 is 4.74 Å². The normalized spacial score (nSPS) is 17.1. The molecule has 3 aromatic rings. The average Bonchev–Trinajstić information content (AvgIpc) is 3.16. The predicted molar refractivity (Wildman–Crippen MR) is 109 cm³/mol. The second-order valence-corrected chi connectivity index (χ2v) is 7.24. The predicted octanol–water partition coefficient (Wildman–Crippen LogP) is 4.72. The van der Waals surface area contributed by atoms with E-state index in [1.807, 2.05) is 12.4 Å². The van der Waals surface area contributed by atoms with Crippen LogP contribution in [0.1, 0.15) is 29.5 Å². The quantitative estimate of drug-likeness (QED) is 0.611. The zero-order chi connectivity index (χ0) is 18.3. The molecule has 0 bridgehead atoms. The van der Waals surface area contributed by atoms with Gasteiger partial charge in [-0.25, -0.2) is 0 Å². The molecule has 138 valence electrons. The highest BCUT2D eigenvalue weighted by Gasteiger charge is 2.25. The third-order valence-electron chi connectivity index (χ3n) is 5.25. The number of rotatable bonds is 7. The Kier molecular flexibility index (Phi) is 5.80. The van der Waals surface area contributed by atoms with E-state index in [9.17, 15) is 0 Å². The summed E-state index contributed by atoms with van der Waals surface area (Å²) in [4.78, 5) is 6.63. The lowest BCUT2D eigenvalue weighted by Crippen LogP contribution is -2.33. The van der Waals surface area contributed by atoms with Gasteiger partial charge in [-0.05, 0) is 66.8 Å². The number of pyridine rings is 1. The van der Waals surface area contributed by atoms with Gasteiger partial charge in [-0.3, -0.25) is 9.88 Å². The second-order valence-electron chi connectivity index (χ2n) is 7.24. The molecule has 27 heavy (non-hydrogen) atoms. The van der Waals surface area contributed by atoms with Crippen LogP contribution in [0.15, 0.2) is 79.1 Å². The fourth-order valence-electron chi connectivity index (χ4n) is 3.74. The topological polar surface area (TPSA) is 25.4 Å². The van der Waals surface area contributed by atoms with Crippen LogP contribution in [-0.2, 0) is 13.0 Å². The van der Waals surface area contributed by atoms with Crippen molar-refractivity contribution < 1.29 is 4.74 Å². The standard InChI is InChI=1S/C24H26N2O/c1-2-5-20(6-3-1)17-21-8-10-24(11-9-21)27-19-23-7-4-16-26(23)18-22-12-14-25-15-13-22/h1-3,5-6,8-15,23H,4,7,16-19H2/t23-/m1/s1. The summed E-state index contributed by atoms with van der Waals surface area (Å²) in [7, 11) is 0. The molecule has 1 saturated heterocycles. The van der Waals surface area contributed by atoms with Gasteiger partial charge in [0, 0.05) is 25.0 Å². The van der Waals surface area contributed by atoms with Gasteiger partial charge in [0.05, 0.1) is 0 Å². The Hall–Kier alpha value is -2.65. The zero-order valence-electron chi connectivity index (χ0n) is 15.6. The van der Waals surface area contributed by atoms with Gasteiger partial charge in [-0.1, -0.05) is 42.5 Å². The average molecular weight is 358 g/mol. The van der Waals surface area contributed by atoms with Crippen molar-refractivity contribution in [3.05, 3.63) is 95.8 Å². The van der Waals surface area contributed by atoms with Gasteiger partial charge in [0.1, 0.15) is 12.4 Å². The Morgan fingerprint density at radius 1 is 0.852 bits per heavy atom. The lowest BCUT2D eigenvalue weighted by atomic mass is 10.1. The van der Waals surface area contributed by atoms with Crippen molar-refractivity contribution in [3.8, 4) is 5.75 Å². The third-order valence-corrected chi connectivity index (χ3v) is 5.25. The first-order valence-electron chi connectivity index (χ1n) is 9.75. The summed E-state index contributed by atoms with van der Waals surface area (Å²) in [5.41, 5.74) is 3.97. The van der Waals surface area contributed by atoms with Gasteiger partial charge < -0.3 is 4.74 Å². The molecular formula is C24H26N2O. The van der Waals surface area contributed by atoms with Crippen molar-refractivity contribution in [1.82, 2.24) is 9.88 Å². The maximum atomic E-state index is 6.11. The zero-order valence-corrected chi connectivity index (χ0v) is 15.6. The number of likely N-dealkylation sites (tertiary alicyclic amines) is 1. The summed E-state index contributed by atoms with van der Waals surface area (Å²) in [6.07, 6.45) is 7.15. The fourth-order valence-corrected chi connectivity index (χ4v) is 3.74. The molecule has 0 amide bonds. The third kappa shape index (κ3) is 4.95. The lowest BCUT2D eigenvalue weighted by Gasteiger charge is -2.24. The molecule has 1 atom stereocenters. The molecule has 1 aliphatic rings. The molecule has 0 aliphatic carbocycles. The highest BCUT2D eigenvalue weighted by atomic mass is 16.5. The summed E-state index contributed by atoms with van der Waals surface area (Å²) >= 11 is 0. The first kappa shape index (κ1) is 17.7. The van der Waals surface area contributed by atoms with Crippen LogP contribution in [0.3, 0.4) is 0 Å². The summed E-state index contributed by atoms with van der Waals surface area (Å²) in [6.45, 7) is 2.88. The van der Waals surface area contributed by atoms with Crippen molar-refractivity contribution >= 4 is 0 Å². The van der Waals surface area contributed by atoms with E-state index in [2.05, 4.69) is 76.6 Å². The van der Waals surface area contributed by atoms with E-state index in [1.54, 1.807) is 0 Å². The van der Waals surface area contributed by atoms with Gasteiger partial charge in [0.2, 0.25) is 0 Å². The summed E-state index contributed by atoms with van der Waals surface area (Å²) < 4.78 is 6.11. The van der Waals surface area contributed by atoms with Crippen LogP contribution in [0, 0.1) is 0 Å². The molecule has 0 spiro atoms. The number of aromatic nitrogens is 1. The highest BCUT2D eigenvalue weighted by molar-refractivity contribution is 5.31. The van der Waals surface area contributed by atoms with E-state index in [0.29, 0.717) is 6.04 Å². The number of hydrogen-bond donors (Lipinski definition) is 0. The largest absolute Gasteiger partial charge is 0.492 e. The molecule has 4 rings (SSSR count). The molecule has 0 radical (unpaired) electrons. The molecule has 3 nitrogen and oxygen atoms in total. The number of benzene rings is 2. The number of hydrogen-bond acceptors (Lipinski definition) is 3. The Bertz CT molecular complexity index is 818. The van der Waals surface area contributed by atoms with Crippen LogP contribution in [0.25, 0.3) is 0 Å². The van der Waals surface area contributed by atoms with Gasteiger partial charge in [-0.2, -0.15) is 0 Å². The van der Waals surface area contributed by atoms with Crippen molar-refractivity contribution in [3.63, 3.8) is 0 Å². The van der Waals surface area contributed by atoms with Crippen molar-refractivity contribution in [2.75, 3.05) is 13.2 Å². The molecule has 0 N–H and O–H groups in total. The summed E-state index contributed by atoms with van der Waals surface area (Å²) in [6, 6.07) is 23.8. The number of nitrogens with zero attached hydrogens (tertiary/aromatic N) is 2. The van der Waals surface area contributed by atoms with Crippen LogP contribution in [0.5, 0.6) is 5.75 Å². The van der Waals surface area contributed by atoms with E-state index in [4.69, 9.17) is 4.74 Å². The van der Waals surface area contributed by atoms with Crippen molar-refractivity contribution in [2.24, 2.45) is 0 Å². The van der Waals surface area contributed by atoms with Crippen LogP contribution in [-0.4, -0.2) is 29.1 Å². The minimum absolute atomic E-state index is 0.488. The summed E-state index contributed by atoms with van der Waals surface area (Å²) in [5, 5.41) is 0. The molecule has 2 heterocycles. The maximum Gasteiger partial charge on any atom is 0.119 e. The molecule has 1 aromatic heterocycles. The smallest absolute Gasteiger partial charge is 0.119 e. The molecule has 1 aliphatic heterocycles. The van der Waals surface area contributed by atoms with E-state index in [-0.39, 0.29) is 0 Å². The van der Waals surface area contributed by atoms with Gasteiger partial charge >= 0.3 is 0 Å². The number of ether oxygens (including phenoxy) is 1. The first-order valence-corrected chi connectivity index (χ1v) is 9.75. The van der Waals surface area contributed by atoms with E-state index >= 15 is 0 Å². The molecule has 2 aromatic carbocycles. The van der Waals surface area contributed by atoms with Crippen LogP contribution >= 0.6 is 0 Å². The Morgan fingerprint density at radius 3 is 2.37 bits per heavy atom. The Balaban J connectivity index is 1.30. The van der Waals surface area contributed by atoms with Gasteiger partial charge in [0.25, 0.3) is 0 Å². The van der Waals surface area contributed by atoms with Crippen molar-refractivity contribution in [2.45, 2.75) is 31.8 Å². The molecular weight excluding hydrogens is 332 g/mol. The maximum absolute atomic E-state index is 6.11. The van der Waals surface area contributed by atoms with E-state index < -0.39 is 0 Å². The van der Waals surface area contributed by atoms with Crippen molar-refractivity contribution in [1.29, 1.82) is 0 Å². The van der Waals surface area contributed by atoms with Gasteiger partial charge in [0.15, 0.2) is 0 Å². The highest BCUT2D eigenvalue weighted by Crippen LogP contribution is 2.22. The fraction of sp³-hybridized carbons (Fsp3) is 0.292. The van der Waals surface area contributed by atoms with Gasteiger partial charge in [-0.15, -0.1) is 0 Å². The summed E-state index contributed by atoms with van der Waals surface area (Å²) in [5.74, 6) is 0.961. The molecule has 1 fully saturated rings. The SMILES string of the molecule is c1ccc(Cc2ccc(OC[C@H]3CCCN3Cc3ccncc3)cc2)cc1. The molecule has 3 heteroatoms. The van der Waals surface area contributed by atoms with Crippen LogP contribution in [0.2, 0.25) is 0 Å². The minimum atomic E-state index is 0.488.